The van der Waals surface area contributed by atoms with Gasteiger partial charge in [0.25, 0.3) is 0 Å². The predicted octanol–water partition coefficient (Wildman–Crippen LogP) is 1.49. The van der Waals surface area contributed by atoms with Crippen LogP contribution in [0.25, 0.3) is 0 Å². The van der Waals surface area contributed by atoms with Crippen LogP contribution in [0.2, 0.25) is 0 Å². The Bertz CT molecular complexity index is 638. The topological polar surface area (TPSA) is 89.6 Å². The van der Waals surface area contributed by atoms with Crippen molar-refractivity contribution in [3.8, 4) is 11.5 Å². The highest BCUT2D eigenvalue weighted by molar-refractivity contribution is 6.11. The smallest absolute Gasteiger partial charge is 0.325 e. The highest BCUT2D eigenvalue weighted by Crippen LogP contribution is 2.26. The van der Waals surface area contributed by atoms with Crippen LogP contribution in [0, 0.1) is 0 Å². The minimum atomic E-state index is -0.655. The Labute approximate surface area is 115 Å². The lowest BCUT2D eigenvalue weighted by atomic mass is 10.0. The number of benzene rings is 2. The Morgan fingerprint density at radius 2 is 1.80 bits per heavy atom. The van der Waals surface area contributed by atoms with Crippen LogP contribution in [0.4, 0.5) is 0 Å². The molecule has 2 rings (SSSR count). The molecular weight excluding hydrogens is 258 g/mol. The van der Waals surface area contributed by atoms with Gasteiger partial charge in [-0.3, -0.25) is 9.59 Å². The van der Waals surface area contributed by atoms with E-state index in [9.17, 15) is 14.7 Å². The molecule has 5 nitrogen and oxygen atoms in total. The molecule has 102 valence electrons. The van der Waals surface area contributed by atoms with Crippen molar-refractivity contribution in [1.29, 1.82) is 0 Å². The number of esters is 1. The molecule has 0 atom stereocenters. The van der Waals surface area contributed by atoms with E-state index in [1.165, 1.54) is 18.2 Å². The highest BCUT2D eigenvalue weighted by atomic mass is 16.5. The molecule has 0 saturated carbocycles. The van der Waals surface area contributed by atoms with Crippen molar-refractivity contribution in [1.82, 2.24) is 0 Å². The first-order valence-electron chi connectivity index (χ1n) is 5.95. The summed E-state index contributed by atoms with van der Waals surface area (Å²) in [5.74, 6) is -1.01. The molecule has 0 aromatic heterocycles. The van der Waals surface area contributed by atoms with E-state index < -0.39 is 5.97 Å². The molecule has 0 heterocycles. The van der Waals surface area contributed by atoms with E-state index in [1.807, 2.05) is 0 Å². The van der Waals surface area contributed by atoms with Gasteiger partial charge in [0.2, 0.25) is 0 Å². The van der Waals surface area contributed by atoms with Crippen molar-refractivity contribution < 1.29 is 19.4 Å². The van der Waals surface area contributed by atoms with Gasteiger partial charge in [-0.1, -0.05) is 30.3 Å². The van der Waals surface area contributed by atoms with Gasteiger partial charge in [-0.15, -0.1) is 0 Å². The maximum atomic E-state index is 12.4. The summed E-state index contributed by atoms with van der Waals surface area (Å²) in [6.07, 6.45) is 0. The number of carbonyl (C=O) groups is 2. The highest BCUT2D eigenvalue weighted by Gasteiger charge is 2.17. The first-order chi connectivity index (χ1) is 9.61. The number of hydrogen-bond acceptors (Lipinski definition) is 5. The van der Waals surface area contributed by atoms with E-state index in [0.29, 0.717) is 5.56 Å². The number of phenols is 1. The summed E-state index contributed by atoms with van der Waals surface area (Å²) in [5.41, 5.74) is 5.72. The Kier molecular flexibility index (Phi) is 4.12. The molecule has 0 bridgehead atoms. The van der Waals surface area contributed by atoms with Crippen molar-refractivity contribution in [2.45, 2.75) is 0 Å². The number of rotatable bonds is 4. The minimum absolute atomic E-state index is 0.0760. The lowest BCUT2D eigenvalue weighted by Crippen LogP contribution is -2.20. The number of ether oxygens (including phenoxy) is 1. The maximum Gasteiger partial charge on any atom is 0.325 e. The Morgan fingerprint density at radius 1 is 1.10 bits per heavy atom. The molecule has 3 N–H and O–H groups in total. The zero-order chi connectivity index (χ0) is 14.5. The summed E-state index contributed by atoms with van der Waals surface area (Å²) in [4.78, 5) is 23.6. The van der Waals surface area contributed by atoms with Crippen LogP contribution in [-0.4, -0.2) is 23.4 Å². The average Bonchev–Trinajstić information content (AvgIpc) is 2.49. The number of nitrogens with two attached hydrogens (primary N) is 1. The fourth-order valence-corrected chi connectivity index (χ4v) is 1.69. The molecule has 2 aromatic carbocycles. The van der Waals surface area contributed by atoms with Crippen LogP contribution in [-0.2, 0) is 4.79 Å². The summed E-state index contributed by atoms with van der Waals surface area (Å²) in [7, 11) is 0. The average molecular weight is 271 g/mol. The van der Waals surface area contributed by atoms with Crippen molar-refractivity contribution in [2.75, 3.05) is 6.54 Å². The van der Waals surface area contributed by atoms with Gasteiger partial charge in [0.1, 0.15) is 11.5 Å². The van der Waals surface area contributed by atoms with Crippen molar-refractivity contribution in [3.05, 3.63) is 59.7 Å². The number of aromatic hydroxyl groups is 1. The molecule has 20 heavy (non-hydrogen) atoms. The molecule has 2 aromatic rings. The molecule has 0 spiro atoms. The molecule has 0 aliphatic heterocycles. The summed E-state index contributed by atoms with van der Waals surface area (Å²) in [6, 6.07) is 12.5. The third kappa shape index (κ3) is 3.02. The van der Waals surface area contributed by atoms with Crippen molar-refractivity contribution in [2.24, 2.45) is 5.73 Å². The van der Waals surface area contributed by atoms with Gasteiger partial charge in [-0.25, -0.2) is 0 Å². The maximum absolute atomic E-state index is 12.4. The van der Waals surface area contributed by atoms with Crippen LogP contribution in [0.15, 0.2) is 48.5 Å². The van der Waals surface area contributed by atoms with Gasteiger partial charge in [0.15, 0.2) is 5.78 Å². The molecule has 0 radical (unpaired) electrons. The van der Waals surface area contributed by atoms with E-state index >= 15 is 0 Å². The van der Waals surface area contributed by atoms with Gasteiger partial charge < -0.3 is 15.6 Å². The molecule has 0 fully saturated rings. The molecule has 5 heteroatoms. The van der Waals surface area contributed by atoms with Crippen LogP contribution >= 0.6 is 0 Å². The number of carbonyl (C=O) groups excluding carboxylic acids is 2. The first-order valence-corrected chi connectivity index (χ1v) is 5.95. The summed E-state index contributed by atoms with van der Waals surface area (Å²) >= 11 is 0. The van der Waals surface area contributed by atoms with E-state index in [4.69, 9.17) is 10.5 Å². The Morgan fingerprint density at radius 3 is 2.45 bits per heavy atom. The van der Waals surface area contributed by atoms with Gasteiger partial charge in [-0.05, 0) is 18.2 Å². The fraction of sp³-hybridized carbons (Fsp3) is 0.0667. The number of phenolic OH excluding ortho intramolecular Hbond substituents is 1. The summed E-state index contributed by atoms with van der Waals surface area (Å²) in [5, 5.41) is 9.51. The standard InChI is InChI=1S/C15H13NO4/c16-9-14(18)20-13-7-6-11(17)8-12(13)15(19)10-4-2-1-3-5-10/h1-8,17H,9,16H2. The second-order valence-electron chi connectivity index (χ2n) is 4.05. The predicted molar refractivity (Wildman–Crippen MR) is 72.7 cm³/mol. The third-order valence-corrected chi connectivity index (χ3v) is 2.63. The van der Waals surface area contributed by atoms with Crippen molar-refractivity contribution in [3.63, 3.8) is 0 Å². The summed E-state index contributed by atoms with van der Waals surface area (Å²) in [6.45, 7) is -0.292. The molecule has 0 amide bonds. The molecule has 0 saturated heterocycles. The lowest BCUT2D eigenvalue weighted by molar-refractivity contribution is -0.132. The summed E-state index contributed by atoms with van der Waals surface area (Å²) < 4.78 is 5.00. The quantitative estimate of drug-likeness (QED) is 0.499. The normalized spacial score (nSPS) is 10.1. The van der Waals surface area contributed by atoms with Crippen molar-refractivity contribution >= 4 is 11.8 Å². The zero-order valence-electron chi connectivity index (χ0n) is 10.6. The first kappa shape index (κ1) is 13.8. The van der Waals surface area contributed by atoms with Crippen LogP contribution in [0.3, 0.4) is 0 Å². The van der Waals surface area contributed by atoms with Gasteiger partial charge in [-0.2, -0.15) is 0 Å². The minimum Gasteiger partial charge on any atom is -0.508 e. The molecular formula is C15H13NO4. The van der Waals surface area contributed by atoms with E-state index in [1.54, 1.807) is 30.3 Å². The van der Waals surface area contributed by atoms with Crippen LogP contribution < -0.4 is 10.5 Å². The van der Waals surface area contributed by atoms with E-state index in [2.05, 4.69) is 0 Å². The second-order valence-corrected chi connectivity index (χ2v) is 4.05. The van der Waals surface area contributed by atoms with E-state index in [0.717, 1.165) is 0 Å². The van der Waals surface area contributed by atoms with Crippen LogP contribution in [0.1, 0.15) is 15.9 Å². The number of ketones is 1. The Balaban J connectivity index is 2.41. The molecule has 0 unspecified atom stereocenters. The molecule has 0 aliphatic rings. The SMILES string of the molecule is NCC(=O)Oc1ccc(O)cc1C(=O)c1ccccc1. The third-order valence-electron chi connectivity index (χ3n) is 2.63. The number of hydrogen-bond donors (Lipinski definition) is 2. The fourth-order valence-electron chi connectivity index (χ4n) is 1.69. The largest absolute Gasteiger partial charge is 0.508 e. The monoisotopic (exact) mass is 271 g/mol. The second kappa shape index (κ2) is 5.99. The molecule has 0 aliphatic carbocycles. The lowest BCUT2D eigenvalue weighted by Gasteiger charge is -2.09. The zero-order valence-corrected chi connectivity index (χ0v) is 10.6. The van der Waals surface area contributed by atoms with Gasteiger partial charge in [0, 0.05) is 5.56 Å². The van der Waals surface area contributed by atoms with Gasteiger partial charge in [0.05, 0.1) is 12.1 Å². The Hall–Kier alpha value is -2.66. The van der Waals surface area contributed by atoms with Crippen LogP contribution in [0.5, 0.6) is 11.5 Å². The van der Waals surface area contributed by atoms with Gasteiger partial charge >= 0.3 is 5.97 Å². The van der Waals surface area contributed by atoms with E-state index in [-0.39, 0.29) is 29.4 Å².